The maximum atomic E-state index is 12.9. The van der Waals surface area contributed by atoms with Gasteiger partial charge in [0, 0.05) is 53.4 Å². The molecular formula is C20H23N3O2S3. The molecule has 0 N–H and O–H groups in total. The van der Waals surface area contributed by atoms with Gasteiger partial charge in [-0.2, -0.15) is 4.31 Å². The van der Waals surface area contributed by atoms with Crippen molar-refractivity contribution in [2.45, 2.75) is 25.3 Å². The van der Waals surface area contributed by atoms with Crippen LogP contribution < -0.4 is 0 Å². The monoisotopic (exact) mass is 433 g/mol. The smallest absolute Gasteiger partial charge is 0.244 e. The molecule has 28 heavy (non-hydrogen) atoms. The highest BCUT2D eigenvalue weighted by molar-refractivity contribution is 7.89. The lowest BCUT2D eigenvalue weighted by atomic mass is 10.2. The van der Waals surface area contributed by atoms with Crippen LogP contribution in [0.4, 0.5) is 0 Å². The molecule has 1 aliphatic heterocycles. The molecular weight excluding hydrogens is 410 g/mol. The largest absolute Gasteiger partial charge is 0.295 e. The molecule has 0 saturated carbocycles. The van der Waals surface area contributed by atoms with Gasteiger partial charge in [0.15, 0.2) is 0 Å². The van der Waals surface area contributed by atoms with Gasteiger partial charge in [-0.15, -0.1) is 22.7 Å². The van der Waals surface area contributed by atoms with E-state index in [0.717, 1.165) is 45.7 Å². The summed E-state index contributed by atoms with van der Waals surface area (Å²) in [6.07, 6.45) is 0. The third-order valence-electron chi connectivity index (χ3n) is 4.90. The quantitative estimate of drug-likeness (QED) is 0.610. The highest BCUT2D eigenvalue weighted by Crippen LogP contribution is 2.29. The van der Waals surface area contributed by atoms with Crippen molar-refractivity contribution in [3.05, 3.63) is 57.2 Å². The lowest BCUT2D eigenvalue weighted by Crippen LogP contribution is -2.48. The molecule has 8 heteroatoms. The molecule has 3 aromatic rings. The number of nitrogens with zero attached hydrogens (tertiary/aromatic N) is 3. The van der Waals surface area contributed by atoms with Crippen LogP contribution in [0.5, 0.6) is 0 Å². The van der Waals surface area contributed by atoms with Gasteiger partial charge in [-0.05, 0) is 19.9 Å². The molecule has 0 bridgehead atoms. The van der Waals surface area contributed by atoms with Gasteiger partial charge in [-0.3, -0.25) is 4.90 Å². The van der Waals surface area contributed by atoms with Crippen molar-refractivity contribution in [2.75, 3.05) is 26.2 Å². The molecule has 0 atom stereocenters. The zero-order valence-corrected chi connectivity index (χ0v) is 18.4. The van der Waals surface area contributed by atoms with Gasteiger partial charge in [0.1, 0.15) is 5.01 Å². The Balaban J connectivity index is 1.38. The van der Waals surface area contributed by atoms with Gasteiger partial charge < -0.3 is 0 Å². The number of rotatable bonds is 5. The summed E-state index contributed by atoms with van der Waals surface area (Å²) >= 11 is 3.19. The number of thiophene rings is 1. The van der Waals surface area contributed by atoms with E-state index in [1.165, 1.54) is 11.3 Å². The Morgan fingerprint density at radius 1 is 1.07 bits per heavy atom. The topological polar surface area (TPSA) is 53.5 Å². The average molecular weight is 434 g/mol. The van der Waals surface area contributed by atoms with Crippen molar-refractivity contribution < 1.29 is 8.42 Å². The fourth-order valence-electron chi connectivity index (χ4n) is 3.45. The first-order valence-corrected chi connectivity index (χ1v) is 12.4. The zero-order valence-electron chi connectivity index (χ0n) is 16.0. The molecule has 1 saturated heterocycles. The second kappa shape index (κ2) is 8.04. The molecule has 0 aliphatic carbocycles. The molecule has 0 amide bonds. The maximum Gasteiger partial charge on any atom is 0.244 e. The van der Waals surface area contributed by atoms with Crippen LogP contribution in [0.1, 0.15) is 15.4 Å². The van der Waals surface area contributed by atoms with Crippen molar-refractivity contribution in [3.63, 3.8) is 0 Å². The Labute approximate surface area is 174 Å². The Hall–Kier alpha value is -1.58. The summed E-state index contributed by atoms with van der Waals surface area (Å²) in [4.78, 5) is 9.40. The summed E-state index contributed by atoms with van der Waals surface area (Å²) in [7, 11) is -3.40. The molecule has 1 fully saturated rings. The van der Waals surface area contributed by atoms with Crippen LogP contribution in [0.25, 0.3) is 10.6 Å². The van der Waals surface area contributed by atoms with Crippen molar-refractivity contribution in [2.24, 2.45) is 0 Å². The summed E-state index contributed by atoms with van der Waals surface area (Å²) < 4.78 is 27.5. The minimum Gasteiger partial charge on any atom is -0.295 e. The first-order chi connectivity index (χ1) is 13.4. The standard InChI is InChI=1S/C20H23N3O2S3/c1-15-12-19(16(2)27-15)28(24,25)23-10-8-22(9-11-23)13-18-14-26-20(21-18)17-6-4-3-5-7-17/h3-7,12,14H,8-11,13H2,1-2H3. The fraction of sp³-hybridized carbons (Fsp3) is 0.350. The molecule has 4 rings (SSSR count). The SMILES string of the molecule is Cc1cc(S(=O)(=O)N2CCN(Cc3csc(-c4ccccc4)n3)CC2)c(C)s1. The molecule has 5 nitrogen and oxygen atoms in total. The Kier molecular flexibility index (Phi) is 5.66. The van der Waals surface area contributed by atoms with E-state index < -0.39 is 10.0 Å². The number of aromatic nitrogens is 1. The number of hydrogen-bond donors (Lipinski definition) is 0. The van der Waals surface area contributed by atoms with E-state index in [9.17, 15) is 8.42 Å². The number of benzene rings is 1. The van der Waals surface area contributed by atoms with Gasteiger partial charge in [0.05, 0.1) is 10.6 Å². The Morgan fingerprint density at radius 3 is 2.43 bits per heavy atom. The molecule has 148 valence electrons. The minimum absolute atomic E-state index is 0.468. The van der Waals surface area contributed by atoms with Gasteiger partial charge >= 0.3 is 0 Å². The Morgan fingerprint density at radius 2 is 1.79 bits per heavy atom. The van der Waals surface area contributed by atoms with Crippen LogP contribution in [-0.2, 0) is 16.6 Å². The lowest BCUT2D eigenvalue weighted by molar-refractivity contribution is 0.180. The summed E-state index contributed by atoms with van der Waals surface area (Å²) in [5.74, 6) is 0. The first-order valence-electron chi connectivity index (χ1n) is 9.23. The first kappa shape index (κ1) is 19.7. The third-order valence-corrected chi connectivity index (χ3v) is 8.96. The van der Waals surface area contributed by atoms with Gasteiger partial charge in [0.2, 0.25) is 10.0 Å². The summed E-state index contributed by atoms with van der Waals surface area (Å²) in [5, 5.41) is 3.13. The molecule has 0 radical (unpaired) electrons. The molecule has 2 aromatic heterocycles. The Bertz CT molecular complexity index is 1050. The zero-order chi connectivity index (χ0) is 19.7. The second-order valence-electron chi connectivity index (χ2n) is 6.97. The van der Waals surface area contributed by atoms with E-state index >= 15 is 0 Å². The number of thiazole rings is 1. The van der Waals surface area contributed by atoms with E-state index in [1.54, 1.807) is 21.7 Å². The number of hydrogen-bond acceptors (Lipinski definition) is 6. The van der Waals surface area contributed by atoms with Crippen LogP contribution in [0.15, 0.2) is 46.7 Å². The van der Waals surface area contributed by atoms with Crippen molar-refractivity contribution in [3.8, 4) is 10.6 Å². The van der Waals surface area contributed by atoms with E-state index in [1.807, 2.05) is 32.0 Å². The molecule has 1 aliphatic rings. The molecule has 3 heterocycles. The predicted molar refractivity (Wildman–Crippen MR) is 115 cm³/mol. The minimum atomic E-state index is -3.40. The van der Waals surface area contributed by atoms with Crippen LogP contribution in [0.3, 0.4) is 0 Å². The molecule has 1 aromatic carbocycles. The molecule has 0 unspecified atom stereocenters. The fourth-order valence-corrected chi connectivity index (χ4v) is 7.22. The summed E-state index contributed by atoms with van der Waals surface area (Å²) in [5.41, 5.74) is 2.18. The highest BCUT2D eigenvalue weighted by Gasteiger charge is 2.30. The second-order valence-corrected chi connectivity index (χ2v) is 11.2. The lowest BCUT2D eigenvalue weighted by Gasteiger charge is -2.33. The van der Waals surface area contributed by atoms with Gasteiger partial charge in [-0.1, -0.05) is 30.3 Å². The maximum absolute atomic E-state index is 12.9. The van der Waals surface area contributed by atoms with E-state index in [2.05, 4.69) is 22.4 Å². The van der Waals surface area contributed by atoms with Crippen LogP contribution in [0, 0.1) is 13.8 Å². The predicted octanol–water partition coefficient (Wildman–Crippen LogP) is 3.99. The van der Waals surface area contributed by atoms with Crippen molar-refractivity contribution in [1.82, 2.24) is 14.2 Å². The van der Waals surface area contributed by atoms with E-state index in [4.69, 9.17) is 4.98 Å². The normalized spacial score (nSPS) is 16.5. The van der Waals surface area contributed by atoms with Gasteiger partial charge in [-0.25, -0.2) is 13.4 Å². The van der Waals surface area contributed by atoms with Crippen LogP contribution in [-0.4, -0.2) is 48.8 Å². The summed E-state index contributed by atoms with van der Waals surface area (Å²) in [6.45, 7) is 7.07. The molecule has 0 spiro atoms. The highest BCUT2D eigenvalue weighted by atomic mass is 32.2. The van der Waals surface area contributed by atoms with Crippen molar-refractivity contribution in [1.29, 1.82) is 0 Å². The number of sulfonamides is 1. The van der Waals surface area contributed by atoms with Gasteiger partial charge in [0.25, 0.3) is 0 Å². The van der Waals surface area contributed by atoms with Crippen LogP contribution >= 0.6 is 22.7 Å². The van der Waals surface area contributed by atoms with E-state index in [-0.39, 0.29) is 0 Å². The van der Waals surface area contributed by atoms with Crippen molar-refractivity contribution >= 4 is 32.7 Å². The number of aryl methyl sites for hydroxylation is 2. The third kappa shape index (κ3) is 4.06. The van der Waals surface area contributed by atoms with E-state index in [0.29, 0.717) is 18.0 Å². The number of piperazine rings is 1. The summed E-state index contributed by atoms with van der Waals surface area (Å²) in [6, 6.07) is 12.0. The average Bonchev–Trinajstić information content (AvgIpc) is 3.29. The van der Waals surface area contributed by atoms with Crippen LogP contribution in [0.2, 0.25) is 0 Å².